The van der Waals surface area contributed by atoms with Crippen molar-refractivity contribution in [3.63, 3.8) is 0 Å². The first-order valence-corrected chi connectivity index (χ1v) is 9.17. The summed E-state index contributed by atoms with van der Waals surface area (Å²) in [5, 5.41) is 3.40. The largest absolute Gasteiger partial charge is 0.451 e. The Morgan fingerprint density at radius 2 is 1.89 bits per heavy atom. The van der Waals surface area contributed by atoms with E-state index in [1.54, 1.807) is 36.7 Å². The van der Waals surface area contributed by atoms with Crippen LogP contribution in [-0.2, 0) is 0 Å². The molecule has 0 radical (unpaired) electrons. The van der Waals surface area contributed by atoms with Crippen molar-refractivity contribution in [3.8, 4) is 0 Å². The molecule has 1 saturated heterocycles. The molecule has 0 bridgehead atoms. The normalized spacial score (nSPS) is 15.0. The molecule has 2 aromatic heterocycles. The second-order valence-corrected chi connectivity index (χ2v) is 6.82. The Bertz CT molecular complexity index is 992. The number of benzene rings is 1. The lowest BCUT2D eigenvalue weighted by atomic mass is 9.96. The number of piperidine rings is 1. The highest BCUT2D eigenvalue weighted by Gasteiger charge is 2.21. The van der Waals surface area contributed by atoms with Gasteiger partial charge in [-0.15, -0.1) is 0 Å². The molecule has 0 spiro atoms. The molecule has 4 rings (SSSR count). The van der Waals surface area contributed by atoms with Crippen LogP contribution in [0.25, 0.3) is 11.0 Å². The molecular formula is C21H21N3O3. The van der Waals surface area contributed by atoms with Crippen LogP contribution in [0, 0.1) is 5.92 Å². The summed E-state index contributed by atoms with van der Waals surface area (Å²) in [5.41, 5.74) is 1.42. The Balaban J connectivity index is 1.34. The van der Waals surface area contributed by atoms with E-state index in [-0.39, 0.29) is 17.1 Å². The van der Waals surface area contributed by atoms with E-state index in [2.05, 4.69) is 15.2 Å². The van der Waals surface area contributed by atoms with Crippen molar-refractivity contribution in [1.29, 1.82) is 0 Å². The van der Waals surface area contributed by atoms with Crippen LogP contribution in [0.2, 0.25) is 0 Å². The number of amides is 1. The van der Waals surface area contributed by atoms with Gasteiger partial charge in [0.2, 0.25) is 0 Å². The lowest BCUT2D eigenvalue weighted by molar-refractivity contribution is 0.0917. The Kier molecular flexibility index (Phi) is 4.87. The Morgan fingerprint density at radius 1 is 1.15 bits per heavy atom. The van der Waals surface area contributed by atoms with E-state index in [0.717, 1.165) is 25.9 Å². The third-order valence-electron chi connectivity index (χ3n) is 5.05. The maximum Gasteiger partial charge on any atom is 0.287 e. The second kappa shape index (κ2) is 7.61. The van der Waals surface area contributed by atoms with Crippen LogP contribution in [0.3, 0.4) is 0 Å². The predicted molar refractivity (Wildman–Crippen MR) is 104 cm³/mol. The SMILES string of the molecule is O=C(NCC1CCN(c2ccncc2)CC1)c1cc(=O)c2ccccc2o1. The standard InChI is InChI=1S/C21H21N3O3/c25-18-13-20(27-19-4-2-1-3-17(18)19)21(26)23-14-15-7-11-24(12-8-15)16-5-9-22-10-6-16/h1-6,9-10,13,15H,7-8,11-12,14H2,(H,23,26). The molecule has 0 unspecified atom stereocenters. The van der Waals surface area contributed by atoms with Gasteiger partial charge in [-0.3, -0.25) is 14.6 Å². The molecule has 0 aliphatic carbocycles. The molecule has 138 valence electrons. The van der Waals surface area contributed by atoms with Gasteiger partial charge in [-0.1, -0.05) is 12.1 Å². The zero-order valence-corrected chi connectivity index (χ0v) is 14.9. The number of aromatic nitrogens is 1. The lowest BCUT2D eigenvalue weighted by Gasteiger charge is -2.33. The monoisotopic (exact) mass is 363 g/mol. The van der Waals surface area contributed by atoms with E-state index >= 15 is 0 Å². The molecule has 1 N–H and O–H groups in total. The third kappa shape index (κ3) is 3.84. The molecule has 3 heterocycles. The van der Waals surface area contributed by atoms with E-state index in [1.807, 2.05) is 12.1 Å². The maximum atomic E-state index is 12.4. The van der Waals surface area contributed by atoms with Gasteiger partial charge in [0.05, 0.1) is 5.39 Å². The first-order valence-electron chi connectivity index (χ1n) is 9.17. The van der Waals surface area contributed by atoms with Gasteiger partial charge in [-0.05, 0) is 43.0 Å². The summed E-state index contributed by atoms with van der Waals surface area (Å²) in [6.07, 6.45) is 5.62. The number of nitrogens with one attached hydrogen (secondary N) is 1. The van der Waals surface area contributed by atoms with Gasteiger partial charge in [0, 0.05) is 43.8 Å². The van der Waals surface area contributed by atoms with Crippen molar-refractivity contribution < 1.29 is 9.21 Å². The minimum absolute atomic E-state index is 0.0629. The number of hydrogen-bond acceptors (Lipinski definition) is 5. The summed E-state index contributed by atoms with van der Waals surface area (Å²) in [6, 6.07) is 12.3. The summed E-state index contributed by atoms with van der Waals surface area (Å²) in [7, 11) is 0. The molecule has 3 aromatic rings. The average Bonchev–Trinajstić information content (AvgIpc) is 2.73. The molecule has 1 aromatic carbocycles. The van der Waals surface area contributed by atoms with Gasteiger partial charge in [-0.25, -0.2) is 0 Å². The van der Waals surface area contributed by atoms with Crippen molar-refractivity contribution in [3.05, 3.63) is 70.8 Å². The highest BCUT2D eigenvalue weighted by Crippen LogP contribution is 2.22. The van der Waals surface area contributed by atoms with Crippen LogP contribution in [-0.4, -0.2) is 30.5 Å². The fourth-order valence-electron chi connectivity index (χ4n) is 3.49. The number of carbonyl (C=O) groups excluding carboxylic acids is 1. The summed E-state index contributed by atoms with van der Waals surface area (Å²) >= 11 is 0. The molecule has 0 atom stereocenters. The number of fused-ring (bicyclic) bond motifs is 1. The fraction of sp³-hybridized carbons (Fsp3) is 0.286. The number of anilines is 1. The average molecular weight is 363 g/mol. The molecule has 6 nitrogen and oxygen atoms in total. The maximum absolute atomic E-state index is 12.4. The van der Waals surface area contributed by atoms with E-state index in [4.69, 9.17) is 4.42 Å². The molecule has 27 heavy (non-hydrogen) atoms. The van der Waals surface area contributed by atoms with Crippen LogP contribution >= 0.6 is 0 Å². The molecule has 1 amide bonds. The van der Waals surface area contributed by atoms with Crippen molar-refractivity contribution in [2.24, 2.45) is 5.92 Å². The Labute approximate surface area is 156 Å². The first-order chi connectivity index (χ1) is 13.2. The molecule has 6 heteroatoms. The topological polar surface area (TPSA) is 75.4 Å². The number of hydrogen-bond donors (Lipinski definition) is 1. The minimum atomic E-state index is -0.339. The van der Waals surface area contributed by atoms with Gasteiger partial charge in [0.15, 0.2) is 11.2 Å². The summed E-state index contributed by atoms with van der Waals surface area (Å²) in [5.74, 6) is 0.140. The van der Waals surface area contributed by atoms with Crippen LogP contribution in [0.5, 0.6) is 0 Å². The lowest BCUT2D eigenvalue weighted by Crippen LogP contribution is -2.38. The van der Waals surface area contributed by atoms with Crippen LogP contribution in [0.4, 0.5) is 5.69 Å². The number of carbonyl (C=O) groups is 1. The van der Waals surface area contributed by atoms with Crippen molar-refractivity contribution >= 4 is 22.6 Å². The van der Waals surface area contributed by atoms with Gasteiger partial charge in [0.1, 0.15) is 5.58 Å². The van der Waals surface area contributed by atoms with E-state index in [9.17, 15) is 9.59 Å². The second-order valence-electron chi connectivity index (χ2n) is 6.82. The minimum Gasteiger partial charge on any atom is -0.451 e. The van der Waals surface area contributed by atoms with E-state index < -0.39 is 0 Å². The third-order valence-corrected chi connectivity index (χ3v) is 5.05. The molecule has 0 saturated carbocycles. The van der Waals surface area contributed by atoms with E-state index in [1.165, 1.54) is 11.8 Å². The van der Waals surface area contributed by atoms with Crippen LogP contribution in [0.15, 0.2) is 64.1 Å². The number of rotatable bonds is 4. The zero-order chi connectivity index (χ0) is 18.6. The van der Waals surface area contributed by atoms with Crippen LogP contribution < -0.4 is 15.6 Å². The Hall–Kier alpha value is -3.15. The number of nitrogens with zero attached hydrogens (tertiary/aromatic N) is 2. The number of pyridine rings is 1. The highest BCUT2D eigenvalue weighted by atomic mass is 16.3. The van der Waals surface area contributed by atoms with Crippen LogP contribution in [0.1, 0.15) is 23.4 Å². The summed E-state index contributed by atoms with van der Waals surface area (Å²) < 4.78 is 5.59. The van der Waals surface area contributed by atoms with Gasteiger partial charge >= 0.3 is 0 Å². The van der Waals surface area contributed by atoms with Gasteiger partial charge in [-0.2, -0.15) is 0 Å². The summed E-state index contributed by atoms with van der Waals surface area (Å²) in [6.45, 7) is 2.49. The van der Waals surface area contributed by atoms with Crippen molar-refractivity contribution in [2.75, 3.05) is 24.5 Å². The van der Waals surface area contributed by atoms with Crippen molar-refractivity contribution in [2.45, 2.75) is 12.8 Å². The van der Waals surface area contributed by atoms with Gasteiger partial charge in [0.25, 0.3) is 5.91 Å². The smallest absolute Gasteiger partial charge is 0.287 e. The molecule has 1 aliphatic rings. The van der Waals surface area contributed by atoms with Gasteiger partial charge < -0.3 is 14.6 Å². The quantitative estimate of drug-likeness (QED) is 0.771. The first kappa shape index (κ1) is 17.3. The number of para-hydroxylation sites is 1. The summed E-state index contributed by atoms with van der Waals surface area (Å²) in [4.78, 5) is 30.9. The van der Waals surface area contributed by atoms with Crippen molar-refractivity contribution in [1.82, 2.24) is 10.3 Å². The Morgan fingerprint density at radius 3 is 2.67 bits per heavy atom. The molecule has 1 fully saturated rings. The molecular weight excluding hydrogens is 342 g/mol. The zero-order valence-electron chi connectivity index (χ0n) is 14.9. The fourth-order valence-corrected chi connectivity index (χ4v) is 3.49. The van der Waals surface area contributed by atoms with E-state index in [0.29, 0.717) is 23.4 Å². The predicted octanol–water partition coefficient (Wildman–Crippen LogP) is 2.83. The molecule has 1 aliphatic heterocycles. The highest BCUT2D eigenvalue weighted by molar-refractivity contribution is 5.93.